The van der Waals surface area contributed by atoms with Crippen LogP contribution < -0.4 is 0 Å². The van der Waals surface area contributed by atoms with Crippen LogP contribution in [0.3, 0.4) is 0 Å². The molecule has 270 valence electrons. The average molecular weight is 743 g/mol. The second-order valence-electron chi connectivity index (χ2n) is 14.8. The minimum atomic E-state index is 0.601. The van der Waals surface area contributed by atoms with E-state index in [1.54, 1.807) is 0 Å². The fourth-order valence-electron chi connectivity index (χ4n) is 9.42. The number of rotatable bonds is 4. The molecule has 0 unspecified atom stereocenters. The molecule has 0 bridgehead atoms. The van der Waals surface area contributed by atoms with E-state index in [0.29, 0.717) is 11.9 Å². The maximum atomic E-state index is 5.12. The Hall–Kier alpha value is -8.10. The fraction of sp³-hybridized carbons (Fsp3) is 0. The first-order valence-electron chi connectivity index (χ1n) is 19.4. The number of nitrogens with zero attached hydrogens (tertiary/aromatic N) is 8. The van der Waals surface area contributed by atoms with Crippen LogP contribution in [0.2, 0.25) is 0 Å². The van der Waals surface area contributed by atoms with E-state index in [9.17, 15) is 0 Å². The Bertz CT molecular complexity index is 3680. The second kappa shape index (κ2) is 11.7. The monoisotopic (exact) mass is 742 g/mol. The van der Waals surface area contributed by atoms with Crippen LogP contribution in [0.5, 0.6) is 0 Å². The van der Waals surface area contributed by atoms with Gasteiger partial charge in [-0.1, -0.05) is 115 Å². The predicted molar refractivity (Wildman–Crippen MR) is 235 cm³/mol. The highest BCUT2D eigenvalue weighted by atomic mass is 15.2. The van der Waals surface area contributed by atoms with Gasteiger partial charge >= 0.3 is 0 Å². The van der Waals surface area contributed by atoms with E-state index in [1.807, 2.05) is 24.8 Å². The molecule has 0 spiro atoms. The van der Waals surface area contributed by atoms with Gasteiger partial charge in [0.2, 0.25) is 11.9 Å². The Morgan fingerprint density at radius 2 is 0.586 bits per heavy atom. The van der Waals surface area contributed by atoms with Crippen molar-refractivity contribution in [2.24, 2.45) is 0 Å². The van der Waals surface area contributed by atoms with E-state index in [1.165, 1.54) is 21.5 Å². The third-order valence-electron chi connectivity index (χ3n) is 11.8. The first-order valence-corrected chi connectivity index (χ1v) is 19.4. The highest BCUT2D eigenvalue weighted by Gasteiger charge is 2.23. The summed E-state index contributed by atoms with van der Waals surface area (Å²) in [7, 11) is 0. The van der Waals surface area contributed by atoms with Crippen molar-refractivity contribution in [2.75, 3.05) is 0 Å². The van der Waals surface area contributed by atoms with Crippen molar-refractivity contribution in [3.8, 4) is 23.3 Å². The SMILES string of the molecule is c1ccc2c(c1)c1ccccc1n2-c1cnc(-n2c3ccccc3c3c2ccc2c4ccccc4n(-c4ncc(-n5c6ccccc6c6ccccc65)cn4)c23)nc1. The minimum absolute atomic E-state index is 0.601. The molecular weight excluding hydrogens is 713 g/mol. The van der Waals surface area contributed by atoms with Gasteiger partial charge < -0.3 is 9.13 Å². The van der Waals surface area contributed by atoms with Gasteiger partial charge in [-0.25, -0.2) is 19.9 Å². The Morgan fingerprint density at radius 3 is 1.02 bits per heavy atom. The van der Waals surface area contributed by atoms with Crippen molar-refractivity contribution in [3.05, 3.63) is 183 Å². The lowest BCUT2D eigenvalue weighted by molar-refractivity contribution is 0.965. The molecule has 8 nitrogen and oxygen atoms in total. The summed E-state index contributed by atoms with van der Waals surface area (Å²) in [6.45, 7) is 0. The molecule has 0 aliphatic carbocycles. The largest absolute Gasteiger partial charge is 0.306 e. The molecular formula is C50H30N8. The molecule has 0 amide bonds. The predicted octanol–water partition coefficient (Wildman–Crippen LogP) is 11.7. The summed E-state index contributed by atoms with van der Waals surface area (Å²) < 4.78 is 8.88. The smallest absolute Gasteiger partial charge is 0.234 e. The van der Waals surface area contributed by atoms with Gasteiger partial charge in [-0.2, -0.15) is 0 Å². The lowest BCUT2D eigenvalue weighted by Crippen LogP contribution is -2.04. The summed E-state index contributed by atoms with van der Waals surface area (Å²) in [6, 6.07) is 55.4. The molecule has 7 aromatic carbocycles. The lowest BCUT2D eigenvalue weighted by Gasteiger charge is -2.11. The third kappa shape index (κ3) is 4.17. The second-order valence-corrected chi connectivity index (χ2v) is 14.8. The third-order valence-corrected chi connectivity index (χ3v) is 11.8. The van der Waals surface area contributed by atoms with Crippen LogP contribution in [0, 0.1) is 0 Å². The van der Waals surface area contributed by atoms with Crippen LogP contribution in [0.25, 0.3) is 110 Å². The zero-order valence-electron chi connectivity index (χ0n) is 30.9. The number of hydrogen-bond donors (Lipinski definition) is 0. The van der Waals surface area contributed by atoms with Gasteiger partial charge in [-0.05, 0) is 42.5 Å². The first kappa shape index (κ1) is 31.1. The molecule has 6 aromatic heterocycles. The number of fused-ring (bicyclic) bond motifs is 13. The standard InChI is InChI=1S/C50H30N8/c1-7-19-40-33(13-1)34-14-2-8-20-41(34)55(40)31-27-51-49(52-28-31)57-45-24-12-6-18-39(45)47-46(57)26-25-38-37-17-5-11-23-44(37)58(48(38)47)50-53-29-32(30-54-50)56-42-21-9-3-15-35(42)36-16-4-10-22-43(36)56/h1-30H. The summed E-state index contributed by atoms with van der Waals surface area (Å²) >= 11 is 0. The van der Waals surface area contributed by atoms with E-state index < -0.39 is 0 Å². The summed E-state index contributed by atoms with van der Waals surface area (Å²) in [5, 5.41) is 9.27. The molecule has 0 saturated carbocycles. The summed E-state index contributed by atoms with van der Waals surface area (Å²) in [4.78, 5) is 20.4. The number of hydrogen-bond acceptors (Lipinski definition) is 4. The number of aromatic nitrogens is 8. The lowest BCUT2D eigenvalue weighted by atomic mass is 10.1. The average Bonchev–Trinajstić information content (AvgIpc) is 4.02. The molecule has 58 heavy (non-hydrogen) atoms. The van der Waals surface area contributed by atoms with Gasteiger partial charge in [0.25, 0.3) is 0 Å². The summed E-state index contributed by atoms with van der Waals surface area (Å²) in [5.74, 6) is 1.20. The molecule has 0 fully saturated rings. The zero-order valence-corrected chi connectivity index (χ0v) is 30.9. The molecule has 0 aliphatic rings. The normalized spacial score (nSPS) is 12.1. The van der Waals surface area contributed by atoms with Crippen molar-refractivity contribution < 1.29 is 0 Å². The fourth-order valence-corrected chi connectivity index (χ4v) is 9.42. The molecule has 0 N–H and O–H groups in total. The first-order chi connectivity index (χ1) is 28.8. The van der Waals surface area contributed by atoms with Crippen molar-refractivity contribution in [2.45, 2.75) is 0 Å². The minimum Gasteiger partial charge on any atom is -0.306 e. The van der Waals surface area contributed by atoms with Crippen LogP contribution in [0.4, 0.5) is 0 Å². The van der Waals surface area contributed by atoms with Crippen molar-refractivity contribution in [1.82, 2.24) is 38.2 Å². The molecule has 0 radical (unpaired) electrons. The molecule has 13 aromatic rings. The topological polar surface area (TPSA) is 71.3 Å². The quantitative estimate of drug-likeness (QED) is 0.180. The van der Waals surface area contributed by atoms with E-state index in [-0.39, 0.29) is 0 Å². The van der Waals surface area contributed by atoms with E-state index in [0.717, 1.165) is 77.1 Å². The van der Waals surface area contributed by atoms with Gasteiger partial charge in [0, 0.05) is 43.1 Å². The Morgan fingerprint density at radius 1 is 0.259 bits per heavy atom. The van der Waals surface area contributed by atoms with E-state index >= 15 is 0 Å². The Balaban J connectivity index is 1.02. The van der Waals surface area contributed by atoms with Crippen LogP contribution in [-0.4, -0.2) is 38.2 Å². The van der Waals surface area contributed by atoms with Gasteiger partial charge in [0.1, 0.15) is 0 Å². The van der Waals surface area contributed by atoms with Gasteiger partial charge in [0.05, 0.1) is 80.3 Å². The van der Waals surface area contributed by atoms with Crippen molar-refractivity contribution >= 4 is 87.2 Å². The van der Waals surface area contributed by atoms with E-state index in [2.05, 4.69) is 176 Å². The summed E-state index contributed by atoms with van der Waals surface area (Å²) in [5.41, 5.74) is 10.4. The molecule has 6 heterocycles. The van der Waals surface area contributed by atoms with Crippen LogP contribution >= 0.6 is 0 Å². The van der Waals surface area contributed by atoms with Gasteiger partial charge in [-0.3, -0.25) is 9.13 Å². The number of benzene rings is 7. The molecule has 0 aliphatic heterocycles. The molecule has 13 rings (SSSR count). The number of para-hydroxylation sites is 6. The van der Waals surface area contributed by atoms with Crippen molar-refractivity contribution in [3.63, 3.8) is 0 Å². The highest BCUT2D eigenvalue weighted by molar-refractivity contribution is 6.26. The van der Waals surface area contributed by atoms with Crippen molar-refractivity contribution in [1.29, 1.82) is 0 Å². The van der Waals surface area contributed by atoms with Gasteiger partial charge in [-0.15, -0.1) is 0 Å². The van der Waals surface area contributed by atoms with Crippen LogP contribution in [-0.2, 0) is 0 Å². The zero-order chi connectivity index (χ0) is 37.9. The Labute approximate surface area is 330 Å². The molecule has 0 saturated heterocycles. The molecule has 0 atom stereocenters. The maximum Gasteiger partial charge on any atom is 0.234 e. The maximum absolute atomic E-state index is 5.12. The Kier molecular flexibility index (Phi) is 6.29. The summed E-state index contributed by atoms with van der Waals surface area (Å²) in [6.07, 6.45) is 7.75. The van der Waals surface area contributed by atoms with E-state index in [4.69, 9.17) is 19.9 Å². The molecule has 8 heteroatoms. The highest BCUT2D eigenvalue weighted by Crippen LogP contribution is 2.41. The van der Waals surface area contributed by atoms with Gasteiger partial charge in [0.15, 0.2) is 0 Å². The van der Waals surface area contributed by atoms with Crippen LogP contribution in [0.15, 0.2) is 183 Å². The van der Waals surface area contributed by atoms with Crippen LogP contribution in [0.1, 0.15) is 0 Å².